The van der Waals surface area contributed by atoms with Crippen molar-refractivity contribution in [2.75, 3.05) is 0 Å². The van der Waals surface area contributed by atoms with Crippen LogP contribution in [0.5, 0.6) is 0 Å². The fourth-order valence-corrected chi connectivity index (χ4v) is 4.24. The van der Waals surface area contributed by atoms with E-state index in [9.17, 15) is 33.9 Å². The van der Waals surface area contributed by atoms with Crippen molar-refractivity contribution in [1.29, 1.82) is 0 Å². The van der Waals surface area contributed by atoms with E-state index in [1.54, 1.807) is 6.20 Å². The highest BCUT2D eigenvalue weighted by Crippen LogP contribution is 2.19. The number of aliphatic carboxylic acids is 2. The van der Waals surface area contributed by atoms with E-state index < -0.39 is 72.6 Å². The van der Waals surface area contributed by atoms with Gasteiger partial charge in [-0.3, -0.25) is 24.0 Å². The zero-order valence-corrected chi connectivity index (χ0v) is 23.0. The lowest BCUT2D eigenvalue weighted by molar-refractivity contribution is -0.143. The number of rotatable bonds is 17. The number of nitrogens with two attached hydrogens (primary N) is 2. The molecule has 14 nitrogen and oxygen atoms in total. The molecule has 1 aromatic carbocycles. The van der Waals surface area contributed by atoms with E-state index in [0.29, 0.717) is 0 Å². The Morgan fingerprint density at radius 3 is 2.05 bits per heavy atom. The molecule has 4 unspecified atom stereocenters. The van der Waals surface area contributed by atoms with Crippen LogP contribution in [0.3, 0.4) is 0 Å². The van der Waals surface area contributed by atoms with Crippen molar-refractivity contribution < 1.29 is 39.0 Å². The Balaban J connectivity index is 2.14. The van der Waals surface area contributed by atoms with Gasteiger partial charge in [-0.05, 0) is 43.2 Å². The summed E-state index contributed by atoms with van der Waals surface area (Å²) < 4.78 is 0. The van der Waals surface area contributed by atoms with Crippen LogP contribution in [0.15, 0.2) is 30.5 Å². The Bertz CT molecular complexity index is 1260. The van der Waals surface area contributed by atoms with Crippen molar-refractivity contribution in [2.45, 2.75) is 76.5 Å². The number of primary amides is 1. The van der Waals surface area contributed by atoms with Gasteiger partial charge in [0.05, 0.1) is 6.04 Å². The van der Waals surface area contributed by atoms with Crippen molar-refractivity contribution in [1.82, 2.24) is 20.9 Å². The standard InChI is InChI=1S/C27H38N6O8/c1-14(2)11-21(33-24(37)17(28)12-15-13-30-18-6-4-3-5-16(15)18)26(39)31-19(7-9-22(29)34)25(38)32-20(27(40)41)8-10-23(35)36/h3-6,13-14,17,19-21,30H,7-12,28H2,1-2H3,(H2,29,34)(H,31,39)(H,32,38)(H,33,37)(H,35,36)(H,40,41). The minimum atomic E-state index is -1.54. The average molecular weight is 575 g/mol. The van der Waals surface area contributed by atoms with E-state index in [4.69, 9.17) is 16.6 Å². The second-order valence-electron chi connectivity index (χ2n) is 10.3. The highest BCUT2D eigenvalue weighted by molar-refractivity contribution is 5.94. The van der Waals surface area contributed by atoms with Crippen LogP contribution < -0.4 is 27.4 Å². The van der Waals surface area contributed by atoms with Crippen molar-refractivity contribution in [2.24, 2.45) is 17.4 Å². The molecule has 0 radical (unpaired) electrons. The normalized spacial score (nSPS) is 14.0. The Morgan fingerprint density at radius 1 is 0.854 bits per heavy atom. The van der Waals surface area contributed by atoms with E-state index in [-0.39, 0.29) is 31.6 Å². The molecule has 0 fully saturated rings. The van der Waals surface area contributed by atoms with E-state index >= 15 is 0 Å². The second-order valence-corrected chi connectivity index (χ2v) is 10.3. The molecule has 10 N–H and O–H groups in total. The molecule has 1 heterocycles. The smallest absolute Gasteiger partial charge is 0.326 e. The number of para-hydroxylation sites is 1. The number of H-pyrrole nitrogens is 1. The number of hydrogen-bond donors (Lipinski definition) is 8. The van der Waals surface area contributed by atoms with Gasteiger partial charge in [-0.15, -0.1) is 0 Å². The molecule has 41 heavy (non-hydrogen) atoms. The van der Waals surface area contributed by atoms with Crippen molar-refractivity contribution in [3.8, 4) is 0 Å². The van der Waals surface area contributed by atoms with Gasteiger partial charge in [0, 0.05) is 29.9 Å². The number of carboxylic acid groups (broad SMARTS) is 2. The van der Waals surface area contributed by atoms with Gasteiger partial charge >= 0.3 is 11.9 Å². The molecule has 14 heteroatoms. The molecule has 0 spiro atoms. The molecule has 0 saturated carbocycles. The first kappa shape index (κ1) is 32.8. The topological polar surface area (TPSA) is 247 Å². The first-order valence-corrected chi connectivity index (χ1v) is 13.2. The molecule has 0 aliphatic heterocycles. The fourth-order valence-electron chi connectivity index (χ4n) is 4.24. The predicted octanol–water partition coefficient (Wildman–Crippen LogP) is -0.247. The van der Waals surface area contributed by atoms with Crippen LogP contribution in [0.25, 0.3) is 10.9 Å². The first-order chi connectivity index (χ1) is 19.3. The number of benzene rings is 1. The van der Waals surface area contributed by atoms with E-state index in [1.807, 2.05) is 38.1 Å². The number of carboxylic acids is 2. The maximum Gasteiger partial charge on any atom is 0.326 e. The minimum absolute atomic E-state index is 0.0544. The first-order valence-electron chi connectivity index (χ1n) is 13.2. The van der Waals surface area contributed by atoms with E-state index in [2.05, 4.69) is 20.9 Å². The van der Waals surface area contributed by atoms with E-state index in [1.165, 1.54) is 0 Å². The summed E-state index contributed by atoms with van der Waals surface area (Å²) in [4.78, 5) is 76.1. The second kappa shape index (κ2) is 15.4. The molecule has 0 aliphatic carbocycles. The lowest BCUT2D eigenvalue weighted by Gasteiger charge is -2.26. The Morgan fingerprint density at radius 2 is 1.44 bits per heavy atom. The van der Waals surface area contributed by atoms with Gasteiger partial charge in [-0.1, -0.05) is 32.0 Å². The SMILES string of the molecule is CC(C)CC(NC(=O)C(N)Cc1c[nH]c2ccccc12)C(=O)NC(CCC(N)=O)C(=O)NC(CCC(=O)O)C(=O)O. The number of hydrogen-bond acceptors (Lipinski definition) is 7. The number of carbonyl (C=O) groups excluding carboxylic acids is 4. The summed E-state index contributed by atoms with van der Waals surface area (Å²) in [5.74, 6) is -5.80. The summed E-state index contributed by atoms with van der Waals surface area (Å²) in [7, 11) is 0. The quantitative estimate of drug-likeness (QED) is 0.124. The summed E-state index contributed by atoms with van der Waals surface area (Å²) in [6, 6.07) is 2.52. The number of aromatic nitrogens is 1. The zero-order chi connectivity index (χ0) is 30.7. The van der Waals surface area contributed by atoms with Crippen molar-refractivity contribution >= 4 is 46.5 Å². The number of fused-ring (bicyclic) bond motifs is 1. The van der Waals surface area contributed by atoms with Gasteiger partial charge in [-0.2, -0.15) is 0 Å². The summed E-state index contributed by atoms with van der Waals surface area (Å²) in [5.41, 5.74) is 13.1. The molecule has 4 atom stereocenters. The van der Waals surface area contributed by atoms with Crippen LogP contribution in [0.2, 0.25) is 0 Å². The Labute approximate surface area is 236 Å². The lowest BCUT2D eigenvalue weighted by atomic mass is 10.0. The van der Waals surface area contributed by atoms with Crippen LogP contribution in [-0.4, -0.2) is 74.9 Å². The maximum atomic E-state index is 13.3. The van der Waals surface area contributed by atoms with Crippen LogP contribution in [0.4, 0.5) is 0 Å². The van der Waals surface area contributed by atoms with Crippen molar-refractivity contribution in [3.05, 3.63) is 36.0 Å². The summed E-state index contributed by atoms with van der Waals surface area (Å²) in [6.45, 7) is 3.66. The van der Waals surface area contributed by atoms with Crippen LogP contribution in [-0.2, 0) is 35.2 Å². The molecule has 0 bridgehead atoms. The number of nitrogens with one attached hydrogen (secondary N) is 4. The predicted molar refractivity (Wildman–Crippen MR) is 148 cm³/mol. The van der Waals surface area contributed by atoms with Crippen molar-refractivity contribution in [3.63, 3.8) is 0 Å². The zero-order valence-electron chi connectivity index (χ0n) is 23.0. The fraction of sp³-hybridized carbons (Fsp3) is 0.481. The monoisotopic (exact) mass is 574 g/mol. The van der Waals surface area contributed by atoms with Crippen LogP contribution in [0.1, 0.15) is 51.5 Å². The maximum absolute atomic E-state index is 13.3. The summed E-state index contributed by atoms with van der Waals surface area (Å²) in [5, 5.41) is 26.5. The number of aromatic amines is 1. The van der Waals surface area contributed by atoms with Gasteiger partial charge in [0.2, 0.25) is 23.6 Å². The third-order valence-corrected chi connectivity index (χ3v) is 6.37. The Hall–Kier alpha value is -4.46. The molecule has 2 aromatic rings. The molecule has 224 valence electrons. The van der Waals surface area contributed by atoms with Gasteiger partial charge < -0.3 is 42.6 Å². The third-order valence-electron chi connectivity index (χ3n) is 6.37. The number of amides is 4. The Kier molecular flexibility index (Phi) is 12.3. The van der Waals surface area contributed by atoms with Gasteiger partial charge in [-0.25, -0.2) is 4.79 Å². The average Bonchev–Trinajstić information content (AvgIpc) is 3.30. The van der Waals surface area contributed by atoms with E-state index in [0.717, 1.165) is 16.5 Å². The lowest BCUT2D eigenvalue weighted by Crippen LogP contribution is -2.57. The summed E-state index contributed by atoms with van der Waals surface area (Å²) in [6.07, 6.45) is 0.686. The van der Waals surface area contributed by atoms with Gasteiger partial charge in [0.15, 0.2) is 0 Å². The molecular weight excluding hydrogens is 536 g/mol. The highest BCUT2D eigenvalue weighted by Gasteiger charge is 2.31. The molecule has 0 saturated heterocycles. The highest BCUT2D eigenvalue weighted by atomic mass is 16.4. The molecule has 1 aromatic heterocycles. The number of carbonyl (C=O) groups is 6. The summed E-state index contributed by atoms with van der Waals surface area (Å²) >= 11 is 0. The molecule has 0 aliphatic rings. The minimum Gasteiger partial charge on any atom is -0.481 e. The van der Waals surface area contributed by atoms with Gasteiger partial charge in [0.1, 0.15) is 18.1 Å². The molecule has 2 rings (SSSR count). The largest absolute Gasteiger partial charge is 0.481 e. The third kappa shape index (κ3) is 10.6. The van der Waals surface area contributed by atoms with Crippen LogP contribution >= 0.6 is 0 Å². The molecule has 4 amide bonds. The van der Waals surface area contributed by atoms with Crippen LogP contribution in [0, 0.1) is 5.92 Å². The molecular formula is C27H38N6O8. The van der Waals surface area contributed by atoms with Gasteiger partial charge in [0.25, 0.3) is 0 Å².